The number of carboxylic acid groups (broad SMARTS) is 2. The molecule has 0 atom stereocenters. The summed E-state index contributed by atoms with van der Waals surface area (Å²) in [6.45, 7) is 7.37. The van der Waals surface area contributed by atoms with Crippen molar-refractivity contribution in [3.63, 3.8) is 0 Å². The van der Waals surface area contributed by atoms with Gasteiger partial charge in [0.05, 0.1) is 18.2 Å². The van der Waals surface area contributed by atoms with Crippen molar-refractivity contribution in [3.05, 3.63) is 0 Å². The van der Waals surface area contributed by atoms with E-state index < -0.39 is 17.5 Å². The molecule has 0 radical (unpaired) electrons. The van der Waals surface area contributed by atoms with Crippen molar-refractivity contribution in [2.75, 3.05) is 25.0 Å². The highest BCUT2D eigenvalue weighted by atomic mass is 79.9. The summed E-state index contributed by atoms with van der Waals surface area (Å²) in [7, 11) is 0. The van der Waals surface area contributed by atoms with Crippen LogP contribution >= 0.6 is 15.9 Å². The molecule has 0 aliphatic heterocycles. The van der Waals surface area contributed by atoms with Crippen LogP contribution in [0.25, 0.3) is 0 Å². The molecule has 0 saturated heterocycles. The van der Waals surface area contributed by atoms with Gasteiger partial charge in [-0.05, 0) is 127 Å². The molecule has 7 N–H and O–H groups in total. The van der Waals surface area contributed by atoms with Gasteiger partial charge in [0.1, 0.15) is 5.60 Å². The van der Waals surface area contributed by atoms with Gasteiger partial charge in [0.15, 0.2) is 0 Å². The summed E-state index contributed by atoms with van der Waals surface area (Å²) in [5.74, 6) is -0.577. The fraction of sp³-hybridized carbons (Fsp3) is 0.867. The second kappa shape index (κ2) is 18.1. The zero-order chi connectivity index (χ0) is 31.1. The lowest BCUT2D eigenvalue weighted by molar-refractivity contribution is -0.156. The van der Waals surface area contributed by atoms with Crippen molar-refractivity contribution < 1.29 is 34.1 Å². The number of amides is 1. The maximum Gasteiger partial charge on any atom is 0.306 e. The molecule has 2 aliphatic rings. The van der Waals surface area contributed by atoms with Gasteiger partial charge < -0.3 is 31.7 Å². The number of hydrogen-bond donors (Lipinski definition) is 5. The summed E-state index contributed by atoms with van der Waals surface area (Å²) in [5.41, 5.74) is 10.4. The maximum atomic E-state index is 11.9. The molecule has 2 fully saturated rings. The predicted octanol–water partition coefficient (Wildman–Crippen LogP) is 4.61. The highest BCUT2D eigenvalue weighted by Crippen LogP contribution is 2.46. The van der Waals surface area contributed by atoms with Crippen LogP contribution in [0.2, 0.25) is 0 Å². The van der Waals surface area contributed by atoms with Crippen LogP contribution in [-0.2, 0) is 23.9 Å². The van der Waals surface area contributed by atoms with Gasteiger partial charge in [0.2, 0.25) is 5.91 Å². The largest absolute Gasteiger partial charge is 0.481 e. The number of nitrogens with one attached hydrogen (secondary N) is 1. The molecule has 0 unspecified atom stereocenters. The van der Waals surface area contributed by atoms with E-state index in [2.05, 4.69) is 21.2 Å². The standard InChI is InChI=1S/C17H31NO4.C13H23BrN2O3/c1-16(2,3)22-15(21)6-10-17(12-14(19)20)8-4-13(5-9-17)7-11-18;14-8-11(17)16-6-3-10-1-4-13(9-15,5-2-10)7-12(18)19/h13H,4-12,18H2,1-3H3,(H,19,20);10H,1-9,15H2,(H,16,17)(H,18,19). The van der Waals surface area contributed by atoms with Crippen LogP contribution in [0.5, 0.6) is 0 Å². The van der Waals surface area contributed by atoms with Crippen LogP contribution in [0.15, 0.2) is 0 Å². The zero-order valence-electron chi connectivity index (χ0n) is 25.4. The van der Waals surface area contributed by atoms with E-state index in [1.54, 1.807) is 0 Å². The number of aliphatic carboxylic acids is 2. The van der Waals surface area contributed by atoms with Crippen molar-refractivity contribution in [1.29, 1.82) is 0 Å². The smallest absolute Gasteiger partial charge is 0.306 e. The Hall–Kier alpha value is -1.72. The molecular formula is C30H54BrN3O7. The Balaban J connectivity index is 0.000000414. The fourth-order valence-corrected chi connectivity index (χ4v) is 6.42. The first-order valence-electron chi connectivity index (χ1n) is 15.1. The minimum Gasteiger partial charge on any atom is -0.481 e. The van der Waals surface area contributed by atoms with E-state index in [9.17, 15) is 24.3 Å². The molecule has 0 aromatic rings. The summed E-state index contributed by atoms with van der Waals surface area (Å²) < 4.78 is 5.34. The van der Waals surface area contributed by atoms with Gasteiger partial charge >= 0.3 is 17.9 Å². The average molecular weight is 649 g/mol. The van der Waals surface area contributed by atoms with Gasteiger partial charge in [-0.25, -0.2) is 0 Å². The Morgan fingerprint density at radius 2 is 1.37 bits per heavy atom. The minimum absolute atomic E-state index is 0.0120. The van der Waals surface area contributed by atoms with Gasteiger partial charge in [-0.2, -0.15) is 0 Å². The molecule has 0 heterocycles. The lowest BCUT2D eigenvalue weighted by atomic mass is 9.66. The second-order valence-electron chi connectivity index (χ2n) is 13.2. The topological polar surface area (TPSA) is 182 Å². The molecule has 0 spiro atoms. The summed E-state index contributed by atoms with van der Waals surface area (Å²) in [6, 6.07) is 0. The van der Waals surface area contributed by atoms with Gasteiger partial charge in [-0.1, -0.05) is 15.9 Å². The summed E-state index contributed by atoms with van der Waals surface area (Å²) in [6.07, 6.45) is 10.7. The number of nitrogens with two attached hydrogens (primary N) is 2. The maximum absolute atomic E-state index is 11.9. The van der Waals surface area contributed by atoms with Crippen LogP contribution in [-0.4, -0.2) is 64.6 Å². The lowest BCUT2D eigenvalue weighted by Gasteiger charge is -2.39. The first-order chi connectivity index (χ1) is 19.2. The van der Waals surface area contributed by atoms with Crippen LogP contribution in [0.3, 0.4) is 0 Å². The van der Waals surface area contributed by atoms with Crippen LogP contribution in [0.1, 0.15) is 111 Å². The molecule has 1 amide bonds. The number of esters is 1. The Labute approximate surface area is 254 Å². The quantitative estimate of drug-likeness (QED) is 0.133. The monoisotopic (exact) mass is 647 g/mol. The normalized spacial score (nSPS) is 26.3. The SMILES string of the molecule is CC(C)(C)OC(=O)CCC1(CC(=O)O)CCC(CCN)CC1.NCC1(CC(=O)O)CCC(CCNC(=O)CBr)CC1. The first kappa shape index (κ1) is 37.3. The van der Waals surface area contributed by atoms with Crippen molar-refractivity contribution in [2.24, 2.45) is 34.1 Å². The van der Waals surface area contributed by atoms with Crippen LogP contribution < -0.4 is 16.8 Å². The van der Waals surface area contributed by atoms with E-state index in [0.717, 1.165) is 64.2 Å². The Morgan fingerprint density at radius 3 is 1.80 bits per heavy atom. The number of carbonyl (C=O) groups is 4. The van der Waals surface area contributed by atoms with Crippen LogP contribution in [0.4, 0.5) is 0 Å². The summed E-state index contributed by atoms with van der Waals surface area (Å²) in [4.78, 5) is 45.1. The summed E-state index contributed by atoms with van der Waals surface area (Å²) >= 11 is 3.11. The number of carbonyl (C=O) groups excluding carboxylic acids is 2. The van der Waals surface area contributed by atoms with Gasteiger partial charge in [-0.3, -0.25) is 19.2 Å². The highest BCUT2D eigenvalue weighted by Gasteiger charge is 2.38. The molecule has 2 saturated carbocycles. The number of rotatable bonds is 14. The minimum atomic E-state index is -0.776. The van der Waals surface area contributed by atoms with E-state index in [4.69, 9.17) is 21.3 Å². The number of alkyl halides is 1. The molecule has 11 heteroatoms. The molecule has 10 nitrogen and oxygen atoms in total. The van der Waals surface area contributed by atoms with Crippen molar-refractivity contribution in [3.8, 4) is 0 Å². The molecule has 2 aliphatic carbocycles. The van der Waals surface area contributed by atoms with E-state index in [1.807, 2.05) is 20.8 Å². The molecule has 238 valence electrons. The van der Waals surface area contributed by atoms with E-state index >= 15 is 0 Å². The molecular weight excluding hydrogens is 594 g/mol. The number of ether oxygens (including phenoxy) is 1. The number of hydrogen-bond acceptors (Lipinski definition) is 7. The molecule has 0 aromatic carbocycles. The third-order valence-electron chi connectivity index (χ3n) is 8.67. The first-order valence-corrected chi connectivity index (χ1v) is 16.2. The highest BCUT2D eigenvalue weighted by molar-refractivity contribution is 9.09. The average Bonchev–Trinajstić information content (AvgIpc) is 2.89. The molecule has 2 rings (SSSR count). The van der Waals surface area contributed by atoms with Crippen molar-refractivity contribution in [2.45, 2.75) is 116 Å². The van der Waals surface area contributed by atoms with Gasteiger partial charge in [-0.15, -0.1) is 0 Å². The molecule has 41 heavy (non-hydrogen) atoms. The second-order valence-corrected chi connectivity index (χ2v) is 13.7. The predicted molar refractivity (Wildman–Crippen MR) is 163 cm³/mol. The van der Waals surface area contributed by atoms with Gasteiger partial charge in [0.25, 0.3) is 0 Å². The molecule has 0 aromatic heterocycles. The number of carboxylic acids is 2. The van der Waals surface area contributed by atoms with Crippen molar-refractivity contribution in [1.82, 2.24) is 5.32 Å². The fourth-order valence-electron chi connectivity index (χ4n) is 6.23. The Bertz CT molecular complexity index is 830. The lowest BCUT2D eigenvalue weighted by Crippen LogP contribution is -2.37. The molecule has 0 bridgehead atoms. The van der Waals surface area contributed by atoms with E-state index in [0.29, 0.717) is 49.6 Å². The Kier molecular flexibility index (Phi) is 16.4. The number of halogens is 1. The van der Waals surface area contributed by atoms with Crippen molar-refractivity contribution >= 4 is 39.7 Å². The summed E-state index contributed by atoms with van der Waals surface area (Å²) in [5, 5.41) is 21.3. The Morgan fingerprint density at radius 1 is 0.878 bits per heavy atom. The third-order valence-corrected chi connectivity index (χ3v) is 9.18. The zero-order valence-corrected chi connectivity index (χ0v) is 26.9. The van der Waals surface area contributed by atoms with E-state index in [1.165, 1.54) is 0 Å². The van der Waals surface area contributed by atoms with E-state index in [-0.39, 0.29) is 35.5 Å². The van der Waals surface area contributed by atoms with Gasteiger partial charge in [0, 0.05) is 13.0 Å². The third kappa shape index (κ3) is 15.4. The van der Waals surface area contributed by atoms with Crippen LogP contribution in [0, 0.1) is 22.7 Å².